The number of hydrogen-bond donors (Lipinski definition) is 1. The third-order valence-corrected chi connectivity index (χ3v) is 8.43. The van der Waals surface area contributed by atoms with Gasteiger partial charge in [-0.2, -0.15) is 4.31 Å². The molecular formula is C30H28N2O4S. The van der Waals surface area contributed by atoms with Crippen LogP contribution in [0.4, 0.5) is 5.69 Å². The average molecular weight is 513 g/mol. The minimum absolute atomic E-state index is 0.186. The molecule has 4 aromatic rings. The Morgan fingerprint density at radius 1 is 0.892 bits per heavy atom. The molecule has 37 heavy (non-hydrogen) atoms. The van der Waals surface area contributed by atoms with Crippen LogP contribution in [0, 0.1) is 13.8 Å². The number of anilines is 1. The maximum absolute atomic E-state index is 13.7. The van der Waals surface area contributed by atoms with Gasteiger partial charge in [0.1, 0.15) is 17.7 Å². The number of fused-ring (bicyclic) bond motifs is 1. The average Bonchev–Trinajstić information content (AvgIpc) is 2.90. The minimum atomic E-state index is -3.79. The van der Waals surface area contributed by atoms with Gasteiger partial charge in [-0.15, -0.1) is 0 Å². The number of benzene rings is 4. The summed E-state index contributed by atoms with van der Waals surface area (Å²) in [7, 11) is -3.79. The molecule has 0 saturated carbocycles. The molecule has 0 fully saturated rings. The predicted octanol–water partition coefficient (Wildman–Crippen LogP) is 5.98. The zero-order valence-electron chi connectivity index (χ0n) is 20.7. The van der Waals surface area contributed by atoms with E-state index in [1.54, 1.807) is 42.5 Å². The lowest BCUT2D eigenvalue weighted by atomic mass is 10.1. The van der Waals surface area contributed by atoms with Gasteiger partial charge in [-0.3, -0.25) is 0 Å². The summed E-state index contributed by atoms with van der Waals surface area (Å²) >= 11 is 0. The molecule has 188 valence electrons. The van der Waals surface area contributed by atoms with Crippen molar-refractivity contribution in [2.75, 3.05) is 5.32 Å². The van der Waals surface area contributed by atoms with Crippen molar-refractivity contribution in [1.82, 2.24) is 4.31 Å². The number of rotatable bonds is 6. The molecule has 1 heterocycles. The Morgan fingerprint density at radius 3 is 2.38 bits per heavy atom. The van der Waals surface area contributed by atoms with E-state index >= 15 is 0 Å². The zero-order valence-corrected chi connectivity index (χ0v) is 21.5. The van der Waals surface area contributed by atoms with Crippen LogP contribution in [0.1, 0.15) is 44.3 Å². The molecule has 0 aromatic heterocycles. The first-order chi connectivity index (χ1) is 17.8. The Bertz CT molecular complexity index is 1550. The fourth-order valence-corrected chi connectivity index (χ4v) is 6.18. The number of sulfonamides is 1. The monoisotopic (exact) mass is 512 g/mol. The van der Waals surface area contributed by atoms with E-state index < -0.39 is 22.2 Å². The van der Waals surface area contributed by atoms with Crippen LogP contribution in [0.3, 0.4) is 0 Å². The number of hydrogen-bond acceptors (Lipinski definition) is 5. The van der Waals surface area contributed by atoms with Gasteiger partial charge in [0.25, 0.3) is 0 Å². The van der Waals surface area contributed by atoms with Crippen molar-refractivity contribution < 1.29 is 17.9 Å². The third-order valence-electron chi connectivity index (χ3n) is 6.56. The largest absolute Gasteiger partial charge is 0.457 e. The number of nitrogens with zero attached hydrogens (tertiary/aromatic N) is 1. The van der Waals surface area contributed by atoms with Crippen LogP contribution in [-0.2, 0) is 27.9 Å². The molecule has 6 nitrogen and oxygen atoms in total. The van der Waals surface area contributed by atoms with Gasteiger partial charge in [-0.1, -0.05) is 78.4 Å². The van der Waals surface area contributed by atoms with E-state index in [0.29, 0.717) is 11.3 Å². The first-order valence-electron chi connectivity index (χ1n) is 12.1. The van der Waals surface area contributed by atoms with Crippen LogP contribution in [0.2, 0.25) is 0 Å². The maximum atomic E-state index is 13.7. The highest BCUT2D eigenvalue weighted by molar-refractivity contribution is 7.89. The van der Waals surface area contributed by atoms with Gasteiger partial charge in [0.05, 0.1) is 11.3 Å². The molecule has 0 unspecified atom stereocenters. The lowest BCUT2D eigenvalue weighted by molar-refractivity contribution is 0.0472. The van der Waals surface area contributed by atoms with Gasteiger partial charge >= 0.3 is 5.97 Å². The van der Waals surface area contributed by atoms with Crippen LogP contribution in [-0.4, -0.2) is 18.7 Å². The highest BCUT2D eigenvalue weighted by atomic mass is 32.2. The number of para-hydroxylation sites is 1. The van der Waals surface area contributed by atoms with Gasteiger partial charge in [0.15, 0.2) is 0 Å². The molecule has 0 aliphatic carbocycles. The minimum Gasteiger partial charge on any atom is -0.457 e. The lowest BCUT2D eigenvalue weighted by Gasteiger charge is -2.37. The normalized spacial score (nSPS) is 16.4. The number of esters is 1. The highest BCUT2D eigenvalue weighted by Gasteiger charge is 2.39. The fourth-order valence-electron chi connectivity index (χ4n) is 4.51. The lowest BCUT2D eigenvalue weighted by Crippen LogP contribution is -2.42. The molecule has 1 aliphatic rings. The van der Waals surface area contributed by atoms with Crippen LogP contribution in [0.5, 0.6) is 0 Å². The summed E-state index contributed by atoms with van der Waals surface area (Å²) < 4.78 is 34.4. The third kappa shape index (κ3) is 5.14. The highest BCUT2D eigenvalue weighted by Crippen LogP contribution is 2.39. The molecular weight excluding hydrogens is 484 g/mol. The first-order valence-corrected chi connectivity index (χ1v) is 13.5. The summed E-state index contributed by atoms with van der Waals surface area (Å²) in [4.78, 5) is 12.9. The zero-order chi connectivity index (χ0) is 26.0. The van der Waals surface area contributed by atoms with E-state index in [4.69, 9.17) is 4.74 Å². The Balaban J connectivity index is 1.42. The second-order valence-electron chi connectivity index (χ2n) is 9.21. The summed E-state index contributed by atoms with van der Waals surface area (Å²) in [6, 6.07) is 29.4. The van der Waals surface area contributed by atoms with Gasteiger partial charge in [0, 0.05) is 6.54 Å². The molecule has 0 spiro atoms. The van der Waals surface area contributed by atoms with E-state index in [1.807, 2.05) is 68.4 Å². The molecule has 0 saturated heterocycles. The topological polar surface area (TPSA) is 75.7 Å². The smallest absolute Gasteiger partial charge is 0.338 e. The molecule has 7 heteroatoms. The van der Waals surface area contributed by atoms with Crippen LogP contribution < -0.4 is 5.32 Å². The Labute approximate surface area is 217 Å². The molecule has 0 bridgehead atoms. The van der Waals surface area contributed by atoms with E-state index in [9.17, 15) is 13.2 Å². The van der Waals surface area contributed by atoms with Gasteiger partial charge in [-0.05, 0) is 60.4 Å². The molecule has 1 atom stereocenters. The maximum Gasteiger partial charge on any atom is 0.338 e. The Morgan fingerprint density at radius 2 is 1.62 bits per heavy atom. The first kappa shape index (κ1) is 24.7. The number of ether oxygens (including phenoxy) is 1. The second-order valence-corrected chi connectivity index (χ2v) is 11.1. The van der Waals surface area contributed by atoms with E-state index in [0.717, 1.165) is 27.8 Å². The molecule has 0 amide bonds. The van der Waals surface area contributed by atoms with Crippen molar-refractivity contribution in [2.24, 2.45) is 0 Å². The quantitative estimate of drug-likeness (QED) is 0.322. The van der Waals surface area contributed by atoms with Crippen molar-refractivity contribution in [3.63, 3.8) is 0 Å². The molecule has 4 aromatic carbocycles. The van der Waals surface area contributed by atoms with E-state index in [-0.39, 0.29) is 18.0 Å². The predicted molar refractivity (Wildman–Crippen MR) is 143 cm³/mol. The van der Waals surface area contributed by atoms with Gasteiger partial charge < -0.3 is 10.1 Å². The van der Waals surface area contributed by atoms with Crippen LogP contribution >= 0.6 is 0 Å². The van der Waals surface area contributed by atoms with Crippen molar-refractivity contribution in [3.8, 4) is 0 Å². The number of carbonyl (C=O) groups excluding carboxylic acids is 1. The summed E-state index contributed by atoms with van der Waals surface area (Å²) in [6.45, 7) is 4.36. The molecule has 0 radical (unpaired) electrons. The summed E-state index contributed by atoms with van der Waals surface area (Å²) in [5, 5.41) is 3.39. The van der Waals surface area contributed by atoms with Gasteiger partial charge in [-0.25, -0.2) is 13.2 Å². The van der Waals surface area contributed by atoms with Crippen molar-refractivity contribution >= 4 is 21.7 Å². The number of nitrogens with one attached hydrogen (secondary N) is 1. The summed E-state index contributed by atoms with van der Waals surface area (Å²) in [6.07, 6.45) is -0.642. The Hall–Kier alpha value is -3.94. The van der Waals surface area contributed by atoms with Crippen LogP contribution in [0.15, 0.2) is 102 Å². The van der Waals surface area contributed by atoms with Crippen molar-refractivity contribution in [3.05, 3.63) is 130 Å². The summed E-state index contributed by atoms with van der Waals surface area (Å²) in [5.74, 6) is -0.431. The second kappa shape index (κ2) is 10.2. The molecule has 1 N–H and O–H groups in total. The number of aryl methyl sites for hydroxylation is 2. The van der Waals surface area contributed by atoms with Crippen molar-refractivity contribution in [2.45, 2.75) is 38.1 Å². The Kier molecular flexibility index (Phi) is 6.82. The fraction of sp³-hybridized carbons (Fsp3) is 0.167. The molecule has 1 aliphatic heterocycles. The SMILES string of the molecule is Cc1cccc(COC(=O)c2ccc([C@@H]3Nc4ccccc4S(=O)(=O)N3Cc3ccccc3C)cc2)c1. The van der Waals surface area contributed by atoms with Gasteiger partial charge in [0.2, 0.25) is 10.0 Å². The standard InChI is InChI=1S/C30H28N2O4S/c1-21-8-7-10-23(18-21)20-36-30(33)25-16-14-24(15-17-25)29-31-27-12-5-6-13-28(27)37(34,35)32(29)19-26-11-4-3-9-22(26)2/h3-18,29,31H,19-20H2,1-2H3/t29-/m1/s1. The molecule has 5 rings (SSSR count). The number of carbonyl (C=O) groups is 1. The van der Waals surface area contributed by atoms with Crippen LogP contribution in [0.25, 0.3) is 0 Å². The summed E-state index contributed by atoms with van der Waals surface area (Å²) in [5.41, 5.74) is 5.64. The van der Waals surface area contributed by atoms with E-state index in [2.05, 4.69) is 5.32 Å². The van der Waals surface area contributed by atoms with E-state index in [1.165, 1.54) is 4.31 Å². The van der Waals surface area contributed by atoms with Crippen molar-refractivity contribution in [1.29, 1.82) is 0 Å².